The molecule has 4 nitrogen and oxygen atoms in total. The average molecular weight is 365 g/mol. The first-order valence-corrected chi connectivity index (χ1v) is 8.54. The van der Waals surface area contributed by atoms with Crippen LogP contribution in [0.2, 0.25) is 10.0 Å². The van der Waals surface area contributed by atoms with Gasteiger partial charge in [0.1, 0.15) is 5.75 Å². The van der Waals surface area contributed by atoms with Crippen molar-refractivity contribution in [2.75, 3.05) is 12.3 Å². The molecule has 0 fully saturated rings. The number of carbonyl (C=O) groups is 1. The number of fused-ring (bicyclic) bond motifs is 1. The molecule has 24 heavy (non-hydrogen) atoms. The minimum atomic E-state index is -0.185. The van der Waals surface area contributed by atoms with Crippen molar-refractivity contribution in [1.29, 1.82) is 0 Å². The van der Waals surface area contributed by atoms with Crippen LogP contribution in [0.1, 0.15) is 30.0 Å². The molecule has 126 valence electrons. The lowest BCUT2D eigenvalue weighted by atomic mass is 9.87. The van der Waals surface area contributed by atoms with Crippen molar-refractivity contribution in [3.05, 3.63) is 57.6 Å². The SMILES string of the molecule is Nc1ccc2c(c1)CCCC2NC(=O)COc1ccc(Cl)cc1Cl. The van der Waals surface area contributed by atoms with Gasteiger partial charge in [0, 0.05) is 10.7 Å². The van der Waals surface area contributed by atoms with E-state index < -0.39 is 0 Å². The fourth-order valence-corrected chi connectivity index (χ4v) is 3.42. The Labute approximate surface area is 150 Å². The second-order valence-corrected chi connectivity index (χ2v) is 6.68. The first-order valence-electron chi connectivity index (χ1n) is 7.78. The highest BCUT2D eigenvalue weighted by molar-refractivity contribution is 6.35. The van der Waals surface area contributed by atoms with Crippen LogP contribution in [0.3, 0.4) is 0 Å². The molecule has 0 saturated carbocycles. The molecule has 1 amide bonds. The zero-order valence-corrected chi connectivity index (χ0v) is 14.5. The van der Waals surface area contributed by atoms with Crippen LogP contribution in [-0.2, 0) is 11.2 Å². The Morgan fingerprint density at radius 1 is 1.25 bits per heavy atom. The van der Waals surface area contributed by atoms with Gasteiger partial charge in [-0.25, -0.2) is 0 Å². The van der Waals surface area contributed by atoms with E-state index in [2.05, 4.69) is 5.32 Å². The zero-order chi connectivity index (χ0) is 17.1. The maximum atomic E-state index is 12.2. The number of amides is 1. The number of hydrogen-bond acceptors (Lipinski definition) is 3. The fraction of sp³-hybridized carbons (Fsp3) is 0.278. The van der Waals surface area contributed by atoms with Gasteiger partial charge < -0.3 is 15.8 Å². The van der Waals surface area contributed by atoms with E-state index in [1.165, 1.54) is 5.56 Å². The Hall–Kier alpha value is -1.91. The monoisotopic (exact) mass is 364 g/mol. The van der Waals surface area contributed by atoms with Gasteiger partial charge in [-0.05, 0) is 60.7 Å². The molecule has 0 aliphatic heterocycles. The number of aryl methyl sites for hydroxylation is 1. The van der Waals surface area contributed by atoms with Crippen molar-refractivity contribution >= 4 is 34.8 Å². The van der Waals surface area contributed by atoms with E-state index in [1.807, 2.05) is 18.2 Å². The number of hydrogen-bond donors (Lipinski definition) is 2. The largest absolute Gasteiger partial charge is 0.482 e. The van der Waals surface area contributed by atoms with E-state index in [0.717, 1.165) is 30.5 Å². The van der Waals surface area contributed by atoms with Gasteiger partial charge in [0.25, 0.3) is 5.91 Å². The van der Waals surface area contributed by atoms with Crippen molar-refractivity contribution in [3.63, 3.8) is 0 Å². The average Bonchev–Trinajstić information content (AvgIpc) is 2.54. The Morgan fingerprint density at radius 2 is 2.08 bits per heavy atom. The highest BCUT2D eigenvalue weighted by Crippen LogP contribution is 2.31. The third-order valence-electron chi connectivity index (χ3n) is 4.07. The lowest BCUT2D eigenvalue weighted by Gasteiger charge is -2.26. The number of ether oxygens (including phenoxy) is 1. The Morgan fingerprint density at radius 3 is 2.88 bits per heavy atom. The molecule has 0 heterocycles. The first kappa shape index (κ1) is 16.9. The summed E-state index contributed by atoms with van der Waals surface area (Å²) in [5.74, 6) is 0.253. The molecule has 2 aromatic carbocycles. The second kappa shape index (κ2) is 7.32. The maximum Gasteiger partial charge on any atom is 0.258 e. The third kappa shape index (κ3) is 3.94. The minimum absolute atomic E-state index is 0.00820. The van der Waals surface area contributed by atoms with Crippen LogP contribution in [-0.4, -0.2) is 12.5 Å². The number of carbonyl (C=O) groups excluding carboxylic acids is 1. The van der Waals surface area contributed by atoms with Crippen LogP contribution in [0.4, 0.5) is 5.69 Å². The van der Waals surface area contributed by atoms with E-state index >= 15 is 0 Å². The highest BCUT2D eigenvalue weighted by atomic mass is 35.5. The Bertz CT molecular complexity index is 765. The van der Waals surface area contributed by atoms with Crippen molar-refractivity contribution in [2.24, 2.45) is 0 Å². The van der Waals surface area contributed by atoms with Crippen molar-refractivity contribution in [3.8, 4) is 5.75 Å². The predicted molar refractivity (Wildman–Crippen MR) is 96.6 cm³/mol. The molecule has 0 aromatic heterocycles. The molecule has 0 spiro atoms. The summed E-state index contributed by atoms with van der Waals surface area (Å²) in [5.41, 5.74) is 8.92. The Kier molecular flexibility index (Phi) is 5.17. The molecular formula is C18H18Cl2N2O2. The summed E-state index contributed by atoms with van der Waals surface area (Å²) in [5, 5.41) is 3.93. The van der Waals surface area contributed by atoms with E-state index in [1.54, 1.807) is 18.2 Å². The van der Waals surface area contributed by atoms with Gasteiger partial charge >= 0.3 is 0 Å². The van der Waals surface area contributed by atoms with Crippen LogP contribution in [0.15, 0.2) is 36.4 Å². The van der Waals surface area contributed by atoms with Crippen LogP contribution < -0.4 is 15.8 Å². The maximum absolute atomic E-state index is 12.2. The Balaban J connectivity index is 1.62. The molecule has 3 N–H and O–H groups in total. The molecule has 1 aliphatic rings. The fourth-order valence-electron chi connectivity index (χ4n) is 2.96. The molecule has 0 radical (unpaired) electrons. The molecular weight excluding hydrogens is 347 g/mol. The molecule has 1 unspecified atom stereocenters. The van der Waals surface area contributed by atoms with Crippen molar-refractivity contribution in [1.82, 2.24) is 5.32 Å². The zero-order valence-electron chi connectivity index (χ0n) is 13.0. The lowest BCUT2D eigenvalue weighted by molar-refractivity contribution is -0.123. The number of anilines is 1. The van der Waals surface area contributed by atoms with Gasteiger partial charge in [-0.1, -0.05) is 29.3 Å². The van der Waals surface area contributed by atoms with Gasteiger partial charge in [-0.3, -0.25) is 4.79 Å². The predicted octanol–water partition coefficient (Wildman–Crippen LogP) is 4.15. The van der Waals surface area contributed by atoms with Gasteiger partial charge in [0.2, 0.25) is 0 Å². The first-order chi connectivity index (χ1) is 11.5. The summed E-state index contributed by atoms with van der Waals surface area (Å²) in [4.78, 5) is 12.2. The molecule has 6 heteroatoms. The van der Waals surface area contributed by atoms with Crippen molar-refractivity contribution in [2.45, 2.75) is 25.3 Å². The second-order valence-electron chi connectivity index (χ2n) is 5.83. The number of halogens is 2. The van der Waals surface area contributed by atoms with Crippen LogP contribution >= 0.6 is 23.2 Å². The van der Waals surface area contributed by atoms with Gasteiger partial charge in [0.15, 0.2) is 6.61 Å². The van der Waals surface area contributed by atoms with Crippen LogP contribution in [0.25, 0.3) is 0 Å². The topological polar surface area (TPSA) is 64.3 Å². The number of rotatable bonds is 4. The quantitative estimate of drug-likeness (QED) is 0.800. The number of nitrogens with two attached hydrogens (primary N) is 1. The van der Waals surface area contributed by atoms with Gasteiger partial charge in [0.05, 0.1) is 11.1 Å². The van der Waals surface area contributed by atoms with Crippen molar-refractivity contribution < 1.29 is 9.53 Å². The summed E-state index contributed by atoms with van der Waals surface area (Å²) >= 11 is 11.9. The molecule has 0 bridgehead atoms. The third-order valence-corrected chi connectivity index (χ3v) is 4.60. The summed E-state index contributed by atoms with van der Waals surface area (Å²) < 4.78 is 5.48. The summed E-state index contributed by atoms with van der Waals surface area (Å²) in [6.07, 6.45) is 2.92. The summed E-state index contributed by atoms with van der Waals surface area (Å²) in [6.45, 7) is -0.0951. The lowest BCUT2D eigenvalue weighted by Crippen LogP contribution is -2.34. The van der Waals surface area contributed by atoms with Crippen LogP contribution in [0.5, 0.6) is 5.75 Å². The number of nitrogen functional groups attached to an aromatic ring is 1. The highest BCUT2D eigenvalue weighted by Gasteiger charge is 2.22. The minimum Gasteiger partial charge on any atom is -0.482 e. The summed E-state index contributed by atoms with van der Waals surface area (Å²) in [6, 6.07) is 10.7. The van der Waals surface area contributed by atoms with Gasteiger partial charge in [-0.15, -0.1) is 0 Å². The van der Waals surface area contributed by atoms with E-state index in [9.17, 15) is 4.79 Å². The van der Waals surface area contributed by atoms with E-state index in [-0.39, 0.29) is 18.6 Å². The standard InChI is InChI=1S/C18H18Cl2N2O2/c19-12-4-7-17(15(20)9-12)24-10-18(23)22-16-3-1-2-11-8-13(21)5-6-14(11)16/h4-9,16H,1-3,10,21H2,(H,22,23). The normalized spacial score (nSPS) is 16.3. The van der Waals surface area contributed by atoms with Crippen LogP contribution in [0, 0.1) is 0 Å². The smallest absolute Gasteiger partial charge is 0.258 e. The number of nitrogens with one attached hydrogen (secondary N) is 1. The molecule has 2 aromatic rings. The molecule has 1 aliphatic carbocycles. The molecule has 3 rings (SSSR count). The summed E-state index contributed by atoms with van der Waals surface area (Å²) in [7, 11) is 0. The number of benzene rings is 2. The van der Waals surface area contributed by atoms with E-state index in [4.69, 9.17) is 33.7 Å². The van der Waals surface area contributed by atoms with E-state index in [0.29, 0.717) is 15.8 Å². The van der Waals surface area contributed by atoms with Gasteiger partial charge in [-0.2, -0.15) is 0 Å². The molecule has 0 saturated heterocycles. The molecule has 1 atom stereocenters.